The molecule has 1 aliphatic heterocycles. The highest BCUT2D eigenvalue weighted by atomic mass is 16.2. The van der Waals surface area contributed by atoms with Crippen molar-refractivity contribution in [2.24, 2.45) is 0 Å². The summed E-state index contributed by atoms with van der Waals surface area (Å²) in [6.45, 7) is 2.66. The van der Waals surface area contributed by atoms with Crippen LogP contribution in [0.2, 0.25) is 0 Å². The Morgan fingerprint density at radius 2 is 2.00 bits per heavy atom. The highest BCUT2D eigenvalue weighted by molar-refractivity contribution is 6.08. The highest BCUT2D eigenvalue weighted by Crippen LogP contribution is 2.32. The van der Waals surface area contributed by atoms with Gasteiger partial charge in [0.2, 0.25) is 0 Å². The minimum atomic E-state index is -0.229. The monoisotopic (exact) mass is 370 g/mol. The zero-order valence-corrected chi connectivity index (χ0v) is 15.2. The molecule has 6 nitrogen and oxygen atoms in total. The molecule has 2 aromatic carbocycles. The molecule has 3 heterocycles. The van der Waals surface area contributed by atoms with Gasteiger partial charge >= 0.3 is 0 Å². The predicted octanol–water partition coefficient (Wildman–Crippen LogP) is 3.82. The third kappa shape index (κ3) is 2.62. The smallest absolute Gasteiger partial charge is 0.268 e. The summed E-state index contributed by atoms with van der Waals surface area (Å²) in [5, 5.41) is 7.68. The van der Waals surface area contributed by atoms with Crippen LogP contribution in [-0.4, -0.2) is 28.3 Å². The number of aromatic amines is 1. The standard InChI is InChI=1S/C22H18N4O2/c1-12-11-23-22(28)20-19(12)15-10-14(6-8-17(15)25-20)21(27)26-18-9-7-13-4-2-3-5-16(13)24-18/h2-10,12,25H,11H2,1H3,(H,23,28)(H,24,26,27). The molecule has 0 fully saturated rings. The number of benzene rings is 2. The van der Waals surface area contributed by atoms with E-state index in [-0.39, 0.29) is 17.7 Å². The van der Waals surface area contributed by atoms with Crippen molar-refractivity contribution in [3.8, 4) is 0 Å². The molecule has 138 valence electrons. The van der Waals surface area contributed by atoms with Crippen LogP contribution in [0.15, 0.2) is 54.6 Å². The molecule has 0 saturated heterocycles. The Morgan fingerprint density at radius 3 is 2.89 bits per heavy atom. The van der Waals surface area contributed by atoms with Gasteiger partial charge in [-0.3, -0.25) is 9.59 Å². The number of nitrogens with one attached hydrogen (secondary N) is 3. The molecule has 3 N–H and O–H groups in total. The molecule has 2 amide bonds. The van der Waals surface area contributed by atoms with Crippen molar-refractivity contribution >= 4 is 39.4 Å². The number of hydrogen-bond donors (Lipinski definition) is 3. The van der Waals surface area contributed by atoms with Crippen molar-refractivity contribution in [3.63, 3.8) is 0 Å². The molecule has 5 rings (SSSR count). The summed E-state index contributed by atoms with van der Waals surface area (Å²) >= 11 is 0. The van der Waals surface area contributed by atoms with Gasteiger partial charge in [0.05, 0.1) is 5.52 Å². The number of H-pyrrole nitrogens is 1. The molecule has 0 aliphatic carbocycles. The quantitative estimate of drug-likeness (QED) is 0.501. The van der Waals surface area contributed by atoms with Gasteiger partial charge in [0.15, 0.2) is 0 Å². The fourth-order valence-corrected chi connectivity index (χ4v) is 3.81. The van der Waals surface area contributed by atoms with Crippen LogP contribution in [0.5, 0.6) is 0 Å². The van der Waals surface area contributed by atoms with Gasteiger partial charge in [0.1, 0.15) is 11.5 Å². The number of fused-ring (bicyclic) bond motifs is 4. The second kappa shape index (κ2) is 6.20. The van der Waals surface area contributed by atoms with Crippen molar-refractivity contribution in [2.75, 3.05) is 11.9 Å². The molecule has 4 aromatic rings. The van der Waals surface area contributed by atoms with E-state index in [1.54, 1.807) is 12.1 Å². The summed E-state index contributed by atoms with van der Waals surface area (Å²) in [5.74, 6) is 0.359. The Labute approximate surface area is 161 Å². The van der Waals surface area contributed by atoms with Gasteiger partial charge in [-0.25, -0.2) is 4.98 Å². The molecule has 1 atom stereocenters. The molecule has 1 unspecified atom stereocenters. The molecular weight excluding hydrogens is 352 g/mol. The van der Waals surface area contributed by atoms with E-state index in [0.717, 1.165) is 27.4 Å². The maximum Gasteiger partial charge on any atom is 0.268 e. The van der Waals surface area contributed by atoms with Crippen LogP contribution in [0.4, 0.5) is 5.82 Å². The second-order valence-electron chi connectivity index (χ2n) is 7.13. The lowest BCUT2D eigenvalue weighted by molar-refractivity contribution is 0.0936. The van der Waals surface area contributed by atoms with Crippen LogP contribution in [-0.2, 0) is 0 Å². The Morgan fingerprint density at radius 1 is 1.14 bits per heavy atom. The van der Waals surface area contributed by atoms with E-state index in [1.807, 2.05) is 42.5 Å². The molecule has 1 aliphatic rings. The average Bonchev–Trinajstić information content (AvgIpc) is 3.11. The van der Waals surface area contributed by atoms with Crippen LogP contribution in [0.25, 0.3) is 21.8 Å². The molecule has 0 radical (unpaired) electrons. The van der Waals surface area contributed by atoms with E-state index in [2.05, 4.69) is 27.5 Å². The number of amides is 2. The first-order chi connectivity index (χ1) is 13.6. The van der Waals surface area contributed by atoms with E-state index in [0.29, 0.717) is 23.6 Å². The maximum atomic E-state index is 12.8. The van der Waals surface area contributed by atoms with Gasteiger partial charge < -0.3 is 15.6 Å². The Kier molecular flexibility index (Phi) is 3.65. The van der Waals surface area contributed by atoms with E-state index in [4.69, 9.17) is 0 Å². The fourth-order valence-electron chi connectivity index (χ4n) is 3.81. The summed E-state index contributed by atoms with van der Waals surface area (Å²) in [6, 6.07) is 16.9. The van der Waals surface area contributed by atoms with Gasteiger partial charge in [-0.15, -0.1) is 0 Å². The number of rotatable bonds is 2. The molecule has 0 spiro atoms. The SMILES string of the molecule is CC1CNC(=O)c2[nH]c3ccc(C(=O)Nc4ccc5ccccc5n4)cc3c21. The number of anilines is 1. The molecule has 28 heavy (non-hydrogen) atoms. The Bertz CT molecular complexity index is 1260. The number of pyridine rings is 1. The number of aromatic nitrogens is 2. The number of para-hydroxylation sites is 1. The molecule has 6 heteroatoms. The fraction of sp³-hybridized carbons (Fsp3) is 0.136. The van der Waals surface area contributed by atoms with Crippen LogP contribution in [0.3, 0.4) is 0 Å². The zero-order chi connectivity index (χ0) is 19.3. The van der Waals surface area contributed by atoms with Gasteiger partial charge in [0.25, 0.3) is 11.8 Å². The normalized spacial score (nSPS) is 16.0. The van der Waals surface area contributed by atoms with Crippen LogP contribution in [0, 0.1) is 0 Å². The predicted molar refractivity (Wildman–Crippen MR) is 109 cm³/mol. The first kappa shape index (κ1) is 16.5. The van der Waals surface area contributed by atoms with Crippen LogP contribution < -0.4 is 10.6 Å². The first-order valence-corrected chi connectivity index (χ1v) is 9.21. The lowest BCUT2D eigenvalue weighted by Crippen LogP contribution is -2.33. The average molecular weight is 370 g/mol. The van der Waals surface area contributed by atoms with E-state index >= 15 is 0 Å². The summed E-state index contributed by atoms with van der Waals surface area (Å²) in [6.07, 6.45) is 0. The third-order valence-corrected chi connectivity index (χ3v) is 5.23. The summed E-state index contributed by atoms with van der Waals surface area (Å²) in [4.78, 5) is 32.6. The van der Waals surface area contributed by atoms with Crippen LogP contribution in [0.1, 0.15) is 39.3 Å². The summed E-state index contributed by atoms with van der Waals surface area (Å²) < 4.78 is 0. The minimum absolute atomic E-state index is 0.101. The Balaban J connectivity index is 1.50. The van der Waals surface area contributed by atoms with Gasteiger partial charge in [-0.05, 0) is 42.0 Å². The second-order valence-corrected chi connectivity index (χ2v) is 7.13. The Hall–Kier alpha value is -3.67. The topological polar surface area (TPSA) is 86.9 Å². The molecular formula is C22H18N4O2. The molecule has 0 saturated carbocycles. The van der Waals surface area contributed by atoms with Crippen LogP contribution >= 0.6 is 0 Å². The highest BCUT2D eigenvalue weighted by Gasteiger charge is 2.27. The first-order valence-electron chi connectivity index (χ1n) is 9.21. The van der Waals surface area contributed by atoms with E-state index in [9.17, 15) is 9.59 Å². The third-order valence-electron chi connectivity index (χ3n) is 5.23. The van der Waals surface area contributed by atoms with Gasteiger partial charge in [-0.1, -0.05) is 25.1 Å². The molecule has 0 bridgehead atoms. The van der Waals surface area contributed by atoms with E-state index in [1.165, 1.54) is 0 Å². The van der Waals surface area contributed by atoms with Crippen molar-refractivity contribution in [1.29, 1.82) is 0 Å². The van der Waals surface area contributed by atoms with Crippen molar-refractivity contribution in [2.45, 2.75) is 12.8 Å². The van der Waals surface area contributed by atoms with E-state index < -0.39 is 0 Å². The van der Waals surface area contributed by atoms with Gasteiger partial charge in [-0.2, -0.15) is 0 Å². The van der Waals surface area contributed by atoms with Crippen molar-refractivity contribution < 1.29 is 9.59 Å². The lowest BCUT2D eigenvalue weighted by atomic mass is 9.93. The summed E-state index contributed by atoms with van der Waals surface area (Å²) in [5.41, 5.74) is 3.77. The number of carbonyl (C=O) groups is 2. The van der Waals surface area contributed by atoms with Crippen molar-refractivity contribution in [1.82, 2.24) is 15.3 Å². The summed E-state index contributed by atoms with van der Waals surface area (Å²) in [7, 11) is 0. The lowest BCUT2D eigenvalue weighted by Gasteiger charge is -2.19. The number of carbonyl (C=O) groups excluding carboxylic acids is 2. The number of nitrogens with zero attached hydrogens (tertiary/aromatic N) is 1. The van der Waals surface area contributed by atoms with Crippen molar-refractivity contribution in [3.05, 3.63) is 71.4 Å². The largest absolute Gasteiger partial charge is 0.350 e. The minimum Gasteiger partial charge on any atom is -0.350 e. The molecule has 2 aromatic heterocycles. The zero-order valence-electron chi connectivity index (χ0n) is 15.2. The maximum absolute atomic E-state index is 12.8. The number of hydrogen-bond acceptors (Lipinski definition) is 3. The van der Waals surface area contributed by atoms with Gasteiger partial charge in [0, 0.05) is 34.3 Å².